The molecule has 5 nitrogen and oxygen atoms in total. The van der Waals surface area contributed by atoms with Crippen molar-refractivity contribution in [2.75, 3.05) is 13.7 Å². The zero-order valence-corrected chi connectivity index (χ0v) is 15.2. The molecule has 1 fully saturated rings. The van der Waals surface area contributed by atoms with Crippen molar-refractivity contribution < 1.29 is 19.6 Å². The number of ether oxygens (including phenoxy) is 2. The van der Waals surface area contributed by atoms with Crippen molar-refractivity contribution in [1.29, 1.82) is 0 Å². The molecule has 1 aliphatic rings. The van der Waals surface area contributed by atoms with Crippen LogP contribution in [0.15, 0.2) is 48.5 Å². The van der Waals surface area contributed by atoms with Crippen LogP contribution in [0.5, 0.6) is 11.5 Å². The number of benzene rings is 2. The van der Waals surface area contributed by atoms with Crippen LogP contribution in [-0.4, -0.2) is 25.6 Å². The second-order valence-corrected chi connectivity index (χ2v) is 6.59. The molecule has 3 N–H and O–H groups in total. The Morgan fingerprint density at radius 3 is 2.73 bits per heavy atom. The molecule has 1 heterocycles. The van der Waals surface area contributed by atoms with E-state index in [0.29, 0.717) is 6.61 Å². The van der Waals surface area contributed by atoms with E-state index in [2.05, 4.69) is 10.6 Å². The van der Waals surface area contributed by atoms with E-state index in [0.717, 1.165) is 55.0 Å². The van der Waals surface area contributed by atoms with Gasteiger partial charge in [-0.05, 0) is 36.6 Å². The van der Waals surface area contributed by atoms with Gasteiger partial charge in [-0.3, -0.25) is 4.79 Å². The van der Waals surface area contributed by atoms with Gasteiger partial charge in [0.25, 0.3) is 5.91 Å². The fourth-order valence-corrected chi connectivity index (χ4v) is 3.16. The lowest BCUT2D eigenvalue weighted by Gasteiger charge is -2.14. The van der Waals surface area contributed by atoms with Crippen molar-refractivity contribution in [3.8, 4) is 11.5 Å². The van der Waals surface area contributed by atoms with Crippen LogP contribution < -0.4 is 20.1 Å². The molecule has 1 aliphatic heterocycles. The van der Waals surface area contributed by atoms with E-state index in [9.17, 15) is 4.79 Å². The SMILES string of the molecule is COc1ccc(C[NH2+][C@@H]2CCCCNC2=O)cc1OCc1ccccc1. The van der Waals surface area contributed by atoms with Gasteiger partial charge < -0.3 is 20.1 Å². The first-order chi connectivity index (χ1) is 12.8. The molecule has 0 radical (unpaired) electrons. The summed E-state index contributed by atoms with van der Waals surface area (Å²) in [6, 6.07) is 16.0. The van der Waals surface area contributed by atoms with Crippen LogP contribution in [0.25, 0.3) is 0 Å². The molecule has 138 valence electrons. The minimum absolute atomic E-state index is 0.00621. The van der Waals surface area contributed by atoms with Crippen LogP contribution in [0.4, 0.5) is 0 Å². The Hall–Kier alpha value is -2.53. The molecule has 1 saturated heterocycles. The van der Waals surface area contributed by atoms with Gasteiger partial charge in [0.15, 0.2) is 17.5 Å². The highest BCUT2D eigenvalue weighted by Crippen LogP contribution is 2.28. The smallest absolute Gasteiger partial charge is 0.278 e. The molecule has 0 aromatic heterocycles. The molecule has 3 rings (SSSR count). The summed E-state index contributed by atoms with van der Waals surface area (Å²) in [4.78, 5) is 12.1. The van der Waals surface area contributed by atoms with Crippen molar-refractivity contribution in [3.63, 3.8) is 0 Å². The molecule has 2 aromatic carbocycles. The predicted molar refractivity (Wildman–Crippen MR) is 100 cm³/mol. The van der Waals surface area contributed by atoms with Gasteiger partial charge in [-0.25, -0.2) is 0 Å². The third kappa shape index (κ3) is 4.99. The predicted octanol–water partition coefficient (Wildman–Crippen LogP) is 2.01. The van der Waals surface area contributed by atoms with Crippen LogP contribution in [0, 0.1) is 0 Å². The maximum atomic E-state index is 12.1. The summed E-state index contributed by atoms with van der Waals surface area (Å²) in [6.45, 7) is 2.03. The van der Waals surface area contributed by atoms with Gasteiger partial charge in [-0.1, -0.05) is 30.3 Å². The number of hydrogen-bond donors (Lipinski definition) is 2. The van der Waals surface area contributed by atoms with E-state index in [1.165, 1.54) is 0 Å². The van der Waals surface area contributed by atoms with Gasteiger partial charge >= 0.3 is 0 Å². The van der Waals surface area contributed by atoms with Gasteiger partial charge in [-0.15, -0.1) is 0 Å². The van der Waals surface area contributed by atoms with Crippen molar-refractivity contribution in [1.82, 2.24) is 5.32 Å². The second kappa shape index (κ2) is 9.25. The standard InChI is InChI=1S/C21H26N2O3/c1-25-19-11-10-17(14-23-18-9-5-6-12-22-21(18)24)13-20(19)26-15-16-7-3-2-4-8-16/h2-4,7-8,10-11,13,18,23H,5-6,9,12,14-15H2,1H3,(H,22,24)/p+1/t18-/m1/s1. The molecule has 0 saturated carbocycles. The summed E-state index contributed by atoms with van der Waals surface area (Å²) < 4.78 is 11.4. The highest BCUT2D eigenvalue weighted by Gasteiger charge is 2.23. The molecular weight excluding hydrogens is 328 g/mol. The molecule has 1 atom stereocenters. The average molecular weight is 355 g/mol. The Balaban J connectivity index is 1.63. The number of quaternary nitrogens is 1. The van der Waals surface area contributed by atoms with E-state index in [-0.39, 0.29) is 11.9 Å². The summed E-state index contributed by atoms with van der Waals surface area (Å²) >= 11 is 0. The molecule has 2 aromatic rings. The number of carbonyl (C=O) groups is 1. The molecular formula is C21H27N2O3+. The number of methoxy groups -OCH3 is 1. The minimum atomic E-state index is -0.00621. The quantitative estimate of drug-likeness (QED) is 0.799. The maximum absolute atomic E-state index is 12.1. The summed E-state index contributed by atoms with van der Waals surface area (Å²) in [5.74, 6) is 1.60. The van der Waals surface area contributed by atoms with E-state index in [1.54, 1.807) is 7.11 Å². The maximum Gasteiger partial charge on any atom is 0.278 e. The average Bonchev–Trinajstić information content (AvgIpc) is 2.89. The van der Waals surface area contributed by atoms with E-state index < -0.39 is 0 Å². The first-order valence-electron chi connectivity index (χ1n) is 9.21. The number of carbonyl (C=O) groups excluding carboxylic acids is 1. The highest BCUT2D eigenvalue weighted by molar-refractivity contribution is 5.80. The normalized spacial score (nSPS) is 17.3. The Bertz CT molecular complexity index is 718. The van der Waals surface area contributed by atoms with E-state index in [1.807, 2.05) is 48.5 Å². The van der Waals surface area contributed by atoms with Crippen molar-refractivity contribution in [2.45, 2.75) is 38.5 Å². The number of hydrogen-bond acceptors (Lipinski definition) is 3. The van der Waals surface area contributed by atoms with E-state index in [4.69, 9.17) is 9.47 Å². The lowest BCUT2D eigenvalue weighted by atomic mass is 10.1. The lowest BCUT2D eigenvalue weighted by molar-refractivity contribution is -0.692. The molecule has 1 amide bonds. The lowest BCUT2D eigenvalue weighted by Crippen LogP contribution is -2.91. The molecule has 0 spiro atoms. The largest absolute Gasteiger partial charge is 0.493 e. The molecule has 0 bridgehead atoms. The number of amides is 1. The van der Waals surface area contributed by atoms with Gasteiger partial charge in [0.05, 0.1) is 7.11 Å². The van der Waals surface area contributed by atoms with Crippen molar-refractivity contribution in [2.24, 2.45) is 0 Å². The number of nitrogens with two attached hydrogens (primary N) is 1. The molecule has 26 heavy (non-hydrogen) atoms. The summed E-state index contributed by atoms with van der Waals surface area (Å²) in [5.41, 5.74) is 2.23. The minimum Gasteiger partial charge on any atom is -0.493 e. The Morgan fingerprint density at radius 2 is 1.92 bits per heavy atom. The van der Waals surface area contributed by atoms with Crippen molar-refractivity contribution >= 4 is 5.91 Å². The topological polar surface area (TPSA) is 64.2 Å². The number of rotatable bonds is 7. The van der Waals surface area contributed by atoms with Gasteiger partial charge in [-0.2, -0.15) is 0 Å². The summed E-state index contributed by atoms with van der Waals surface area (Å²) in [6.07, 6.45) is 3.09. The Kier molecular flexibility index (Phi) is 6.50. The zero-order valence-electron chi connectivity index (χ0n) is 15.2. The van der Waals surface area contributed by atoms with Gasteiger partial charge in [0, 0.05) is 18.5 Å². The van der Waals surface area contributed by atoms with Gasteiger partial charge in [0.2, 0.25) is 0 Å². The summed E-state index contributed by atoms with van der Waals surface area (Å²) in [7, 11) is 1.65. The Morgan fingerprint density at radius 1 is 1.08 bits per heavy atom. The van der Waals surface area contributed by atoms with Crippen LogP contribution in [-0.2, 0) is 17.9 Å². The van der Waals surface area contributed by atoms with Crippen molar-refractivity contribution in [3.05, 3.63) is 59.7 Å². The fraction of sp³-hybridized carbons (Fsp3) is 0.381. The van der Waals surface area contributed by atoms with Gasteiger partial charge in [0.1, 0.15) is 13.2 Å². The monoisotopic (exact) mass is 355 g/mol. The highest BCUT2D eigenvalue weighted by atomic mass is 16.5. The first-order valence-corrected chi connectivity index (χ1v) is 9.21. The third-order valence-electron chi connectivity index (χ3n) is 4.68. The molecule has 5 heteroatoms. The third-order valence-corrected chi connectivity index (χ3v) is 4.68. The fourth-order valence-electron chi connectivity index (χ4n) is 3.16. The zero-order chi connectivity index (χ0) is 18.2. The molecule has 0 aliphatic carbocycles. The van der Waals surface area contributed by atoms with E-state index >= 15 is 0 Å². The Labute approximate surface area is 154 Å². The molecule has 0 unspecified atom stereocenters. The number of nitrogens with one attached hydrogen (secondary N) is 1. The van der Waals surface area contributed by atoms with Crippen LogP contribution in [0.2, 0.25) is 0 Å². The second-order valence-electron chi connectivity index (χ2n) is 6.59. The first kappa shape index (κ1) is 18.3. The van der Waals surface area contributed by atoms with Crippen LogP contribution in [0.3, 0.4) is 0 Å². The summed E-state index contributed by atoms with van der Waals surface area (Å²) in [5, 5.41) is 5.10. The van der Waals surface area contributed by atoms with Crippen LogP contribution in [0.1, 0.15) is 30.4 Å². The van der Waals surface area contributed by atoms with Crippen LogP contribution >= 0.6 is 0 Å².